The highest BCUT2D eigenvalue weighted by Gasteiger charge is 2.16. The van der Waals surface area contributed by atoms with Crippen LogP contribution in [-0.2, 0) is 0 Å². The minimum atomic E-state index is -0.441. The van der Waals surface area contributed by atoms with Crippen molar-refractivity contribution >= 4 is 35.0 Å². The average Bonchev–Trinajstić information content (AvgIpc) is 2.77. The van der Waals surface area contributed by atoms with Gasteiger partial charge in [-0.05, 0) is 44.2 Å². The largest absolute Gasteiger partial charge is 0.394 e. The first-order chi connectivity index (χ1) is 14.9. The number of hydrogen-bond donors (Lipinski definition) is 3. The molecule has 0 fully saturated rings. The summed E-state index contributed by atoms with van der Waals surface area (Å²) in [5, 5.41) is 15.5. The van der Waals surface area contributed by atoms with E-state index in [0.717, 1.165) is 5.56 Å². The second-order valence-corrected chi connectivity index (χ2v) is 7.32. The third-order valence-corrected chi connectivity index (χ3v) is 4.71. The van der Waals surface area contributed by atoms with Gasteiger partial charge in [0.1, 0.15) is 5.82 Å². The van der Waals surface area contributed by atoms with Gasteiger partial charge in [0.25, 0.3) is 5.91 Å². The van der Waals surface area contributed by atoms with E-state index in [9.17, 15) is 14.3 Å². The molecular weight excluding hydrogens is 419 g/mol. The summed E-state index contributed by atoms with van der Waals surface area (Å²) < 4.78 is 14.4. The molecule has 3 rings (SSSR count). The Hall–Kier alpha value is -3.29. The van der Waals surface area contributed by atoms with E-state index in [4.69, 9.17) is 11.6 Å². The van der Waals surface area contributed by atoms with Crippen molar-refractivity contribution in [3.63, 3.8) is 0 Å². The summed E-state index contributed by atoms with van der Waals surface area (Å²) in [6.07, 6.45) is 8.32. The Kier molecular flexibility index (Phi) is 7.33. The van der Waals surface area contributed by atoms with Gasteiger partial charge in [0.05, 0.1) is 23.6 Å². The normalized spacial score (nSPS) is 12.0. The number of halogens is 2. The summed E-state index contributed by atoms with van der Waals surface area (Å²) in [5.41, 5.74) is 2.85. The first-order valence-electron chi connectivity index (χ1n) is 9.63. The molecule has 3 N–H and O–H groups in total. The molecule has 2 aromatic heterocycles. The number of allylic oxidation sites excluding steroid dienone is 1. The molecule has 0 aliphatic rings. The van der Waals surface area contributed by atoms with Gasteiger partial charge in [0, 0.05) is 46.5 Å². The van der Waals surface area contributed by atoms with E-state index in [1.807, 2.05) is 19.1 Å². The van der Waals surface area contributed by atoms with Crippen molar-refractivity contribution in [3.05, 3.63) is 77.0 Å². The number of pyridine rings is 2. The number of amides is 1. The molecule has 6 nitrogen and oxygen atoms in total. The Morgan fingerprint density at radius 1 is 1.26 bits per heavy atom. The van der Waals surface area contributed by atoms with Crippen LogP contribution in [0.5, 0.6) is 0 Å². The van der Waals surface area contributed by atoms with Crippen molar-refractivity contribution in [2.45, 2.75) is 19.9 Å². The summed E-state index contributed by atoms with van der Waals surface area (Å²) in [6.45, 7) is 3.38. The molecule has 0 spiro atoms. The minimum Gasteiger partial charge on any atom is -0.394 e. The second kappa shape index (κ2) is 10.1. The van der Waals surface area contributed by atoms with E-state index in [2.05, 4.69) is 20.6 Å². The highest BCUT2D eigenvalue weighted by Crippen LogP contribution is 2.30. The van der Waals surface area contributed by atoms with Crippen LogP contribution >= 0.6 is 11.6 Å². The molecule has 0 unspecified atom stereocenters. The maximum absolute atomic E-state index is 14.4. The van der Waals surface area contributed by atoms with Crippen LogP contribution in [0.15, 0.2) is 55.0 Å². The lowest BCUT2D eigenvalue weighted by Crippen LogP contribution is -2.35. The highest BCUT2D eigenvalue weighted by atomic mass is 35.5. The molecule has 0 aliphatic carbocycles. The first kappa shape index (κ1) is 22.4. The van der Waals surface area contributed by atoms with Crippen LogP contribution in [0.4, 0.5) is 15.8 Å². The molecule has 1 amide bonds. The van der Waals surface area contributed by atoms with E-state index >= 15 is 0 Å². The highest BCUT2D eigenvalue weighted by molar-refractivity contribution is 6.30. The summed E-state index contributed by atoms with van der Waals surface area (Å²) in [4.78, 5) is 21.0. The molecule has 160 valence electrons. The van der Waals surface area contributed by atoms with Crippen LogP contribution in [-0.4, -0.2) is 33.6 Å². The number of aliphatic hydroxyl groups is 1. The standard InChI is InChI=1S/C23H22ClFN4O2/c1-3-4-15-11-27-22(17-9-16(24)5-6-19(17)25)10-21(15)29-20-7-8-26-12-18(20)23(31)28-14(2)13-30/h3-12,14,30H,13H2,1-2H3,(H,28,31)(H,26,27,29)/b4-3+/t14-/m0/s1. The van der Waals surface area contributed by atoms with E-state index < -0.39 is 11.9 Å². The Morgan fingerprint density at radius 3 is 2.81 bits per heavy atom. The van der Waals surface area contributed by atoms with Gasteiger partial charge in [-0.15, -0.1) is 0 Å². The molecule has 1 atom stereocenters. The summed E-state index contributed by atoms with van der Waals surface area (Å²) >= 11 is 6.04. The van der Waals surface area contributed by atoms with Crippen molar-refractivity contribution < 1.29 is 14.3 Å². The van der Waals surface area contributed by atoms with E-state index in [1.54, 1.807) is 31.5 Å². The fourth-order valence-corrected chi connectivity index (χ4v) is 3.08. The van der Waals surface area contributed by atoms with Crippen LogP contribution < -0.4 is 10.6 Å². The summed E-state index contributed by atoms with van der Waals surface area (Å²) in [6, 6.07) is 7.24. The molecular formula is C23H22ClFN4O2. The Balaban J connectivity index is 2.03. The molecule has 1 aromatic carbocycles. The number of rotatable bonds is 7. The smallest absolute Gasteiger partial charge is 0.255 e. The zero-order valence-corrected chi connectivity index (χ0v) is 17.8. The van der Waals surface area contributed by atoms with Crippen LogP contribution in [0, 0.1) is 5.82 Å². The molecule has 0 aliphatic heterocycles. The lowest BCUT2D eigenvalue weighted by Gasteiger charge is -2.16. The third-order valence-electron chi connectivity index (χ3n) is 4.47. The van der Waals surface area contributed by atoms with Crippen LogP contribution in [0.25, 0.3) is 17.3 Å². The third kappa shape index (κ3) is 5.45. The molecule has 3 aromatic rings. The Bertz CT molecular complexity index is 1120. The zero-order chi connectivity index (χ0) is 22.4. The average molecular weight is 441 g/mol. The van der Waals surface area contributed by atoms with E-state index in [1.165, 1.54) is 24.4 Å². The summed E-state index contributed by atoms with van der Waals surface area (Å²) in [7, 11) is 0. The lowest BCUT2D eigenvalue weighted by molar-refractivity contribution is 0.0923. The quantitative estimate of drug-likeness (QED) is 0.490. The fourth-order valence-electron chi connectivity index (χ4n) is 2.90. The van der Waals surface area contributed by atoms with Crippen LogP contribution in [0.2, 0.25) is 5.02 Å². The summed E-state index contributed by atoms with van der Waals surface area (Å²) in [5.74, 6) is -0.816. The van der Waals surface area contributed by atoms with Crippen molar-refractivity contribution in [1.29, 1.82) is 0 Å². The van der Waals surface area contributed by atoms with Crippen molar-refractivity contribution in [2.24, 2.45) is 0 Å². The number of aromatic nitrogens is 2. The fraction of sp³-hybridized carbons (Fsp3) is 0.174. The monoisotopic (exact) mass is 440 g/mol. The maximum Gasteiger partial charge on any atom is 0.255 e. The first-order valence-corrected chi connectivity index (χ1v) is 10.0. The number of hydrogen-bond acceptors (Lipinski definition) is 5. The van der Waals surface area contributed by atoms with Crippen LogP contribution in [0.3, 0.4) is 0 Å². The van der Waals surface area contributed by atoms with Crippen molar-refractivity contribution in [2.75, 3.05) is 11.9 Å². The number of nitrogens with zero attached hydrogens (tertiary/aromatic N) is 2. The van der Waals surface area contributed by atoms with Crippen molar-refractivity contribution in [3.8, 4) is 11.3 Å². The Morgan fingerprint density at radius 2 is 2.06 bits per heavy atom. The lowest BCUT2D eigenvalue weighted by atomic mass is 10.1. The van der Waals surface area contributed by atoms with Crippen LogP contribution in [0.1, 0.15) is 29.8 Å². The molecule has 31 heavy (non-hydrogen) atoms. The predicted molar refractivity (Wildman–Crippen MR) is 121 cm³/mol. The predicted octanol–water partition coefficient (Wildman–Crippen LogP) is 4.82. The SMILES string of the molecule is C/C=C/c1cnc(-c2cc(Cl)ccc2F)cc1Nc1ccncc1C(=O)N[C@@H](C)CO. The molecule has 0 saturated heterocycles. The van der Waals surface area contributed by atoms with E-state index in [-0.39, 0.29) is 18.1 Å². The molecule has 0 bridgehead atoms. The number of anilines is 2. The molecule has 2 heterocycles. The number of benzene rings is 1. The minimum absolute atomic E-state index is 0.181. The van der Waals surface area contributed by atoms with Gasteiger partial charge in [0.2, 0.25) is 0 Å². The Labute approximate surface area is 184 Å². The molecule has 8 heteroatoms. The van der Waals surface area contributed by atoms with Gasteiger partial charge in [-0.2, -0.15) is 0 Å². The van der Waals surface area contributed by atoms with Gasteiger partial charge in [-0.3, -0.25) is 14.8 Å². The second-order valence-electron chi connectivity index (χ2n) is 6.88. The number of carbonyl (C=O) groups is 1. The van der Waals surface area contributed by atoms with Gasteiger partial charge in [0.15, 0.2) is 0 Å². The molecule has 0 radical (unpaired) electrons. The number of aliphatic hydroxyl groups excluding tert-OH is 1. The van der Waals surface area contributed by atoms with Gasteiger partial charge < -0.3 is 15.7 Å². The van der Waals surface area contributed by atoms with Gasteiger partial charge >= 0.3 is 0 Å². The molecule has 0 saturated carbocycles. The zero-order valence-electron chi connectivity index (χ0n) is 17.1. The number of nitrogens with one attached hydrogen (secondary N) is 2. The van der Waals surface area contributed by atoms with E-state index in [0.29, 0.717) is 27.7 Å². The van der Waals surface area contributed by atoms with Gasteiger partial charge in [-0.25, -0.2) is 4.39 Å². The van der Waals surface area contributed by atoms with Crippen molar-refractivity contribution in [1.82, 2.24) is 15.3 Å². The topological polar surface area (TPSA) is 87.1 Å². The maximum atomic E-state index is 14.4. The number of carbonyl (C=O) groups excluding carboxylic acids is 1. The van der Waals surface area contributed by atoms with Gasteiger partial charge in [-0.1, -0.05) is 23.8 Å².